The van der Waals surface area contributed by atoms with Gasteiger partial charge in [-0.15, -0.1) is 4.83 Å². The molecule has 1 saturated heterocycles. The zero-order valence-electron chi connectivity index (χ0n) is 13.8. The van der Waals surface area contributed by atoms with E-state index in [2.05, 4.69) is 10.3 Å². The molecule has 2 aliphatic rings. The van der Waals surface area contributed by atoms with Gasteiger partial charge in [0.05, 0.1) is 16.4 Å². The molecule has 1 amide bonds. The summed E-state index contributed by atoms with van der Waals surface area (Å²) in [5.74, 6) is -0.703. The highest BCUT2D eigenvalue weighted by atomic mass is 32.2. The number of fused-ring (bicyclic) bond motifs is 1. The van der Waals surface area contributed by atoms with E-state index in [9.17, 15) is 21.6 Å². The number of carbonyl (C=O) groups excluding carboxylic acids is 1. The SMILES string of the molecule is O=C(C[C@@H]1CCS(=O)(=O)C1)NNS(=O)(=O)c1ccc2c(c1)CCCC2. The monoisotopic (exact) mass is 386 g/mol. The molecule has 0 unspecified atom stereocenters. The second-order valence-electron chi connectivity index (χ2n) is 6.76. The topological polar surface area (TPSA) is 109 Å². The molecule has 138 valence electrons. The lowest BCUT2D eigenvalue weighted by Gasteiger charge is -2.17. The predicted octanol–water partition coefficient (Wildman–Crippen LogP) is 0.700. The van der Waals surface area contributed by atoms with Crippen molar-refractivity contribution in [2.24, 2.45) is 5.92 Å². The largest absolute Gasteiger partial charge is 0.278 e. The first-order chi connectivity index (χ1) is 11.8. The van der Waals surface area contributed by atoms with Crippen molar-refractivity contribution in [1.82, 2.24) is 10.3 Å². The van der Waals surface area contributed by atoms with Gasteiger partial charge in [0.15, 0.2) is 9.84 Å². The number of nitrogens with one attached hydrogen (secondary N) is 2. The van der Waals surface area contributed by atoms with Crippen LogP contribution in [0.25, 0.3) is 0 Å². The molecule has 1 aromatic rings. The highest BCUT2D eigenvalue weighted by Crippen LogP contribution is 2.24. The number of sulfonamides is 1. The van der Waals surface area contributed by atoms with E-state index in [1.54, 1.807) is 12.1 Å². The van der Waals surface area contributed by atoms with Crippen LogP contribution in [0.1, 0.15) is 36.8 Å². The van der Waals surface area contributed by atoms with Crippen LogP contribution in [0.5, 0.6) is 0 Å². The van der Waals surface area contributed by atoms with E-state index in [4.69, 9.17) is 0 Å². The molecule has 1 heterocycles. The van der Waals surface area contributed by atoms with Crippen LogP contribution in [-0.2, 0) is 37.5 Å². The molecule has 0 aromatic heterocycles. The van der Waals surface area contributed by atoms with Gasteiger partial charge in [0.2, 0.25) is 5.91 Å². The highest BCUT2D eigenvalue weighted by Gasteiger charge is 2.29. The van der Waals surface area contributed by atoms with Crippen molar-refractivity contribution in [3.05, 3.63) is 29.3 Å². The van der Waals surface area contributed by atoms with E-state index in [-0.39, 0.29) is 28.7 Å². The molecule has 1 aromatic carbocycles. The second kappa shape index (κ2) is 7.05. The van der Waals surface area contributed by atoms with Crippen molar-refractivity contribution < 1.29 is 21.6 Å². The first-order valence-electron chi connectivity index (χ1n) is 8.38. The molecule has 0 spiro atoms. The zero-order valence-corrected chi connectivity index (χ0v) is 15.5. The van der Waals surface area contributed by atoms with Gasteiger partial charge in [-0.05, 0) is 61.3 Å². The number of benzene rings is 1. The van der Waals surface area contributed by atoms with Gasteiger partial charge in [-0.25, -0.2) is 16.8 Å². The summed E-state index contributed by atoms with van der Waals surface area (Å²) in [6.45, 7) is 0. The molecule has 7 nitrogen and oxygen atoms in total. The van der Waals surface area contributed by atoms with Crippen LogP contribution in [0.2, 0.25) is 0 Å². The number of hydrogen-bond donors (Lipinski definition) is 2. The van der Waals surface area contributed by atoms with Gasteiger partial charge in [0.25, 0.3) is 10.0 Å². The van der Waals surface area contributed by atoms with Gasteiger partial charge >= 0.3 is 0 Å². The van der Waals surface area contributed by atoms with Crippen molar-refractivity contribution >= 4 is 25.8 Å². The smallest absolute Gasteiger partial charge is 0.257 e. The number of hydrazine groups is 1. The molecule has 0 saturated carbocycles. The molecule has 9 heteroatoms. The lowest BCUT2D eigenvalue weighted by Crippen LogP contribution is -2.42. The summed E-state index contributed by atoms with van der Waals surface area (Å²) in [6, 6.07) is 5.03. The quantitative estimate of drug-likeness (QED) is 0.724. The Kier molecular flexibility index (Phi) is 5.17. The fraction of sp³-hybridized carbons (Fsp3) is 0.562. The van der Waals surface area contributed by atoms with Gasteiger partial charge in [-0.3, -0.25) is 10.2 Å². The van der Waals surface area contributed by atoms with Crippen molar-refractivity contribution in [2.75, 3.05) is 11.5 Å². The van der Waals surface area contributed by atoms with Crippen molar-refractivity contribution in [3.8, 4) is 0 Å². The van der Waals surface area contributed by atoms with Crippen LogP contribution in [0, 0.1) is 5.92 Å². The first kappa shape index (κ1) is 18.3. The lowest BCUT2D eigenvalue weighted by atomic mass is 9.92. The van der Waals surface area contributed by atoms with E-state index in [1.807, 2.05) is 6.07 Å². The van der Waals surface area contributed by atoms with Crippen LogP contribution in [0.4, 0.5) is 0 Å². The van der Waals surface area contributed by atoms with Crippen LogP contribution in [0.15, 0.2) is 23.1 Å². The lowest BCUT2D eigenvalue weighted by molar-refractivity contribution is -0.122. The van der Waals surface area contributed by atoms with E-state index < -0.39 is 25.8 Å². The third-order valence-electron chi connectivity index (χ3n) is 4.76. The van der Waals surface area contributed by atoms with Gasteiger partial charge in [-0.1, -0.05) is 6.07 Å². The second-order valence-corrected chi connectivity index (χ2v) is 10.7. The molecule has 0 bridgehead atoms. The standard InChI is InChI=1S/C16H22N2O5S2/c19-16(9-12-7-8-24(20,21)11-12)17-18-25(22,23)15-6-5-13-3-1-2-4-14(13)10-15/h5-6,10,12,18H,1-4,7-9,11H2,(H,17,19)/t12-/m0/s1. The number of hydrogen-bond acceptors (Lipinski definition) is 5. The van der Waals surface area contributed by atoms with Gasteiger partial charge < -0.3 is 0 Å². The normalized spacial score (nSPS) is 22.3. The predicted molar refractivity (Wildman–Crippen MR) is 92.9 cm³/mol. The summed E-state index contributed by atoms with van der Waals surface area (Å²) in [5.41, 5.74) is 4.40. The summed E-state index contributed by atoms with van der Waals surface area (Å²) in [7, 11) is -6.90. The number of aryl methyl sites for hydroxylation is 2. The number of rotatable bonds is 5. The van der Waals surface area contributed by atoms with Crippen molar-refractivity contribution in [1.29, 1.82) is 0 Å². The average molecular weight is 386 g/mol. The molecular formula is C16H22N2O5S2. The van der Waals surface area contributed by atoms with Crippen molar-refractivity contribution in [2.45, 2.75) is 43.4 Å². The summed E-state index contributed by atoms with van der Waals surface area (Å²) in [6.07, 6.45) is 4.42. The Morgan fingerprint density at radius 2 is 1.88 bits per heavy atom. The summed E-state index contributed by atoms with van der Waals surface area (Å²) >= 11 is 0. The maximum Gasteiger partial charge on any atom is 0.257 e. The zero-order chi connectivity index (χ0) is 18.1. The Morgan fingerprint density at radius 3 is 2.56 bits per heavy atom. The van der Waals surface area contributed by atoms with Gasteiger partial charge in [0.1, 0.15) is 0 Å². The van der Waals surface area contributed by atoms with E-state index in [1.165, 1.54) is 5.56 Å². The number of amides is 1. The van der Waals surface area contributed by atoms with Crippen LogP contribution >= 0.6 is 0 Å². The third-order valence-corrected chi connectivity index (χ3v) is 7.84. The molecule has 25 heavy (non-hydrogen) atoms. The molecular weight excluding hydrogens is 364 g/mol. The molecule has 1 aliphatic heterocycles. The maximum atomic E-state index is 12.3. The third kappa shape index (κ3) is 4.59. The number of carbonyl (C=O) groups is 1. The Bertz CT molecular complexity index is 878. The summed E-state index contributed by atoms with van der Waals surface area (Å²) in [5, 5.41) is 0. The van der Waals surface area contributed by atoms with Crippen molar-refractivity contribution in [3.63, 3.8) is 0 Å². The fourth-order valence-electron chi connectivity index (χ4n) is 3.41. The van der Waals surface area contributed by atoms with E-state index in [0.717, 1.165) is 31.2 Å². The van der Waals surface area contributed by atoms with Crippen LogP contribution < -0.4 is 10.3 Å². The Morgan fingerprint density at radius 1 is 1.16 bits per heavy atom. The van der Waals surface area contributed by atoms with E-state index in [0.29, 0.717) is 6.42 Å². The van der Waals surface area contributed by atoms with Gasteiger partial charge in [0, 0.05) is 6.42 Å². The fourth-order valence-corrected chi connectivity index (χ4v) is 6.18. The van der Waals surface area contributed by atoms with Crippen LogP contribution in [-0.4, -0.2) is 34.2 Å². The minimum Gasteiger partial charge on any atom is -0.278 e. The first-order valence-corrected chi connectivity index (χ1v) is 11.7. The highest BCUT2D eigenvalue weighted by molar-refractivity contribution is 7.91. The number of sulfone groups is 1. The minimum absolute atomic E-state index is 0.00800. The average Bonchev–Trinajstić information content (AvgIpc) is 2.91. The molecule has 1 aliphatic carbocycles. The Hall–Kier alpha value is -1.45. The molecule has 1 atom stereocenters. The van der Waals surface area contributed by atoms with Crippen LogP contribution in [0.3, 0.4) is 0 Å². The Balaban J connectivity index is 1.59. The van der Waals surface area contributed by atoms with Gasteiger partial charge in [-0.2, -0.15) is 0 Å². The van der Waals surface area contributed by atoms with E-state index >= 15 is 0 Å². The molecule has 1 fully saturated rings. The Labute approximate surface area is 148 Å². The summed E-state index contributed by atoms with van der Waals surface area (Å²) < 4.78 is 47.5. The molecule has 3 rings (SSSR count). The minimum atomic E-state index is -3.85. The summed E-state index contributed by atoms with van der Waals surface area (Å²) in [4.78, 5) is 14.1. The molecule has 0 radical (unpaired) electrons. The molecule has 2 N–H and O–H groups in total. The maximum absolute atomic E-state index is 12.3.